The summed E-state index contributed by atoms with van der Waals surface area (Å²) in [5.41, 5.74) is 2.10. The fourth-order valence-electron chi connectivity index (χ4n) is 2.88. The molecule has 0 saturated carbocycles. The number of benzene rings is 1. The molecule has 2 rings (SSSR count). The van der Waals surface area contributed by atoms with Gasteiger partial charge in [0.25, 0.3) is 0 Å². The lowest BCUT2D eigenvalue weighted by Crippen LogP contribution is -2.39. The summed E-state index contributed by atoms with van der Waals surface area (Å²) in [5, 5.41) is 6.56. The number of hydrogen-bond acceptors (Lipinski definition) is 3. The summed E-state index contributed by atoms with van der Waals surface area (Å²) in [6.07, 6.45) is 2.70. The Labute approximate surface area is 186 Å². The van der Waals surface area contributed by atoms with Crippen LogP contribution in [-0.4, -0.2) is 44.7 Å². The molecule has 7 heteroatoms. The topological polar surface area (TPSA) is 66.0 Å². The van der Waals surface area contributed by atoms with Crippen molar-refractivity contribution in [2.75, 3.05) is 37.7 Å². The van der Waals surface area contributed by atoms with Gasteiger partial charge in [0, 0.05) is 38.3 Å². The minimum Gasteiger partial charge on any atom is -0.380 e. The molecule has 0 unspecified atom stereocenters. The van der Waals surface area contributed by atoms with Crippen LogP contribution in [0.3, 0.4) is 0 Å². The second-order valence-corrected chi connectivity index (χ2v) is 7.23. The molecule has 1 aliphatic rings. The zero-order valence-electron chi connectivity index (χ0n) is 17.4. The summed E-state index contributed by atoms with van der Waals surface area (Å²) in [4.78, 5) is 18.3. The van der Waals surface area contributed by atoms with Crippen LogP contribution in [0, 0.1) is 5.92 Å². The highest BCUT2D eigenvalue weighted by Gasteiger charge is 2.21. The van der Waals surface area contributed by atoms with Crippen molar-refractivity contribution in [1.82, 2.24) is 10.6 Å². The van der Waals surface area contributed by atoms with Crippen LogP contribution in [0.15, 0.2) is 29.3 Å². The van der Waals surface area contributed by atoms with Gasteiger partial charge in [-0.3, -0.25) is 4.79 Å². The molecule has 1 fully saturated rings. The first-order chi connectivity index (χ1) is 13.1. The molecule has 0 aromatic heterocycles. The maximum absolute atomic E-state index is 11.8. The van der Waals surface area contributed by atoms with Crippen molar-refractivity contribution in [1.29, 1.82) is 0 Å². The van der Waals surface area contributed by atoms with Gasteiger partial charge in [-0.1, -0.05) is 26.0 Å². The third-order valence-electron chi connectivity index (χ3n) is 4.46. The Kier molecular flexibility index (Phi) is 12.1. The zero-order valence-corrected chi connectivity index (χ0v) is 19.7. The highest BCUT2D eigenvalue weighted by atomic mass is 127. The monoisotopic (exact) mass is 502 g/mol. The van der Waals surface area contributed by atoms with Gasteiger partial charge in [-0.05, 0) is 43.4 Å². The van der Waals surface area contributed by atoms with Crippen LogP contribution in [0.4, 0.5) is 5.69 Å². The van der Waals surface area contributed by atoms with Crippen molar-refractivity contribution in [2.24, 2.45) is 10.9 Å². The summed E-state index contributed by atoms with van der Waals surface area (Å²) in [7, 11) is 0. The molecule has 0 atom stereocenters. The summed E-state index contributed by atoms with van der Waals surface area (Å²) in [5.74, 6) is 1.69. The molecule has 1 aromatic rings. The van der Waals surface area contributed by atoms with Crippen LogP contribution in [0.5, 0.6) is 0 Å². The highest BCUT2D eigenvalue weighted by Crippen LogP contribution is 2.21. The molecule has 1 saturated heterocycles. The van der Waals surface area contributed by atoms with Gasteiger partial charge < -0.3 is 20.3 Å². The predicted octanol–water partition coefficient (Wildman–Crippen LogP) is 3.55. The normalized spacial score (nSPS) is 14.4. The number of amides is 1. The number of carbonyl (C=O) groups is 1. The van der Waals surface area contributed by atoms with Crippen molar-refractivity contribution in [3.8, 4) is 0 Å². The Hall–Kier alpha value is -1.35. The van der Waals surface area contributed by atoms with Gasteiger partial charge in [0.15, 0.2) is 5.96 Å². The van der Waals surface area contributed by atoms with Gasteiger partial charge in [0.05, 0.1) is 13.2 Å². The summed E-state index contributed by atoms with van der Waals surface area (Å²) in [6.45, 7) is 10.9. The summed E-state index contributed by atoms with van der Waals surface area (Å²) in [6, 6.07) is 8.11. The van der Waals surface area contributed by atoms with Crippen LogP contribution >= 0.6 is 24.0 Å². The van der Waals surface area contributed by atoms with E-state index >= 15 is 0 Å². The summed E-state index contributed by atoms with van der Waals surface area (Å²) < 4.78 is 5.63. The standard InChI is InChI=1S/C21H34N4O2.HI/c1-4-22-21(23-12-15-27-14-11-17(2)3)24-16-18-7-9-19(10-8-18)25-13-5-6-20(25)26;/h7-10,17H,4-6,11-16H2,1-3H3,(H2,22,23,24);1H. The van der Waals surface area contributed by atoms with Crippen molar-refractivity contribution in [3.05, 3.63) is 29.8 Å². The van der Waals surface area contributed by atoms with E-state index < -0.39 is 0 Å². The number of aliphatic imine (C=N–C) groups is 1. The van der Waals surface area contributed by atoms with Crippen LogP contribution in [0.2, 0.25) is 0 Å². The predicted molar refractivity (Wildman–Crippen MR) is 127 cm³/mol. The fraction of sp³-hybridized carbons (Fsp3) is 0.619. The van der Waals surface area contributed by atoms with Gasteiger partial charge in [0.1, 0.15) is 0 Å². The van der Waals surface area contributed by atoms with Crippen LogP contribution in [-0.2, 0) is 16.1 Å². The third-order valence-corrected chi connectivity index (χ3v) is 4.46. The van der Waals surface area contributed by atoms with Crippen molar-refractivity contribution < 1.29 is 9.53 Å². The molecule has 0 radical (unpaired) electrons. The van der Waals surface area contributed by atoms with E-state index in [4.69, 9.17) is 4.74 Å². The molecule has 0 spiro atoms. The van der Waals surface area contributed by atoms with Gasteiger partial charge in [-0.2, -0.15) is 0 Å². The first-order valence-electron chi connectivity index (χ1n) is 10.1. The Morgan fingerprint density at radius 2 is 1.96 bits per heavy atom. The minimum atomic E-state index is 0. The van der Waals surface area contributed by atoms with E-state index in [1.807, 2.05) is 29.2 Å². The van der Waals surface area contributed by atoms with Crippen LogP contribution in [0.1, 0.15) is 45.6 Å². The fourth-order valence-corrected chi connectivity index (χ4v) is 2.88. The molecule has 1 heterocycles. The first kappa shape index (κ1) is 24.7. The second kappa shape index (κ2) is 13.8. The maximum Gasteiger partial charge on any atom is 0.227 e. The second-order valence-electron chi connectivity index (χ2n) is 7.23. The van der Waals surface area contributed by atoms with Crippen molar-refractivity contribution in [2.45, 2.75) is 46.6 Å². The molecule has 0 aliphatic carbocycles. The van der Waals surface area contributed by atoms with Crippen molar-refractivity contribution in [3.63, 3.8) is 0 Å². The van der Waals surface area contributed by atoms with E-state index in [0.29, 0.717) is 25.5 Å². The van der Waals surface area contributed by atoms with Gasteiger partial charge in [0.2, 0.25) is 5.91 Å². The lowest BCUT2D eigenvalue weighted by molar-refractivity contribution is -0.117. The largest absolute Gasteiger partial charge is 0.380 e. The minimum absolute atomic E-state index is 0. The molecule has 1 aromatic carbocycles. The SMILES string of the molecule is CCNC(=NCc1ccc(N2CCCC2=O)cc1)NCCOCCC(C)C.I. The van der Waals surface area contributed by atoms with E-state index in [0.717, 1.165) is 56.3 Å². The average molecular weight is 502 g/mol. The van der Waals surface area contributed by atoms with E-state index in [9.17, 15) is 4.79 Å². The lowest BCUT2D eigenvalue weighted by Gasteiger charge is -2.16. The number of nitrogens with one attached hydrogen (secondary N) is 2. The lowest BCUT2D eigenvalue weighted by atomic mass is 10.1. The Morgan fingerprint density at radius 1 is 1.21 bits per heavy atom. The number of hydrogen-bond donors (Lipinski definition) is 2. The number of rotatable bonds is 10. The maximum atomic E-state index is 11.8. The molecule has 1 aliphatic heterocycles. The Bertz CT molecular complexity index is 605. The quantitative estimate of drug-likeness (QED) is 0.222. The number of nitrogens with zero attached hydrogens (tertiary/aromatic N) is 2. The van der Waals surface area contributed by atoms with Gasteiger partial charge >= 0.3 is 0 Å². The van der Waals surface area contributed by atoms with Crippen molar-refractivity contribution >= 4 is 41.5 Å². The molecule has 2 N–H and O–H groups in total. The number of anilines is 1. The molecular formula is C21H35IN4O2. The van der Waals surface area contributed by atoms with E-state index in [2.05, 4.69) is 36.4 Å². The number of halogens is 1. The number of carbonyl (C=O) groups excluding carboxylic acids is 1. The molecular weight excluding hydrogens is 467 g/mol. The zero-order chi connectivity index (χ0) is 19.5. The Morgan fingerprint density at radius 3 is 2.57 bits per heavy atom. The third kappa shape index (κ3) is 8.77. The number of guanidine groups is 1. The molecule has 6 nitrogen and oxygen atoms in total. The van der Waals surface area contributed by atoms with Crippen LogP contribution < -0.4 is 15.5 Å². The molecule has 28 heavy (non-hydrogen) atoms. The number of ether oxygens (including phenoxy) is 1. The Balaban J connectivity index is 0.00000392. The average Bonchev–Trinajstić information content (AvgIpc) is 3.08. The highest BCUT2D eigenvalue weighted by molar-refractivity contribution is 14.0. The molecule has 158 valence electrons. The van der Waals surface area contributed by atoms with E-state index in [1.165, 1.54) is 0 Å². The van der Waals surface area contributed by atoms with E-state index in [-0.39, 0.29) is 29.9 Å². The van der Waals surface area contributed by atoms with Gasteiger partial charge in [-0.15, -0.1) is 24.0 Å². The summed E-state index contributed by atoms with van der Waals surface area (Å²) >= 11 is 0. The molecule has 0 bridgehead atoms. The van der Waals surface area contributed by atoms with E-state index in [1.54, 1.807) is 0 Å². The van der Waals surface area contributed by atoms with Crippen LogP contribution in [0.25, 0.3) is 0 Å². The van der Waals surface area contributed by atoms with Gasteiger partial charge in [-0.25, -0.2) is 4.99 Å². The first-order valence-corrected chi connectivity index (χ1v) is 10.1. The molecule has 1 amide bonds. The smallest absolute Gasteiger partial charge is 0.227 e.